The van der Waals surface area contributed by atoms with Gasteiger partial charge in [-0.1, -0.05) is 64.7 Å². The van der Waals surface area contributed by atoms with Gasteiger partial charge in [-0.3, -0.25) is 9.59 Å². The lowest BCUT2D eigenvalue weighted by atomic mass is 9.95. The second-order valence-electron chi connectivity index (χ2n) is 6.64. The lowest BCUT2D eigenvalue weighted by Crippen LogP contribution is -2.50. The minimum Gasteiger partial charge on any atom is -0.481 e. The Morgan fingerprint density at radius 2 is 1.35 bits per heavy atom. The molecule has 136 valence electrons. The summed E-state index contributed by atoms with van der Waals surface area (Å²) in [5.74, 6) is -1.94. The van der Waals surface area contributed by atoms with Crippen molar-refractivity contribution in [3.8, 4) is 0 Å². The number of hydrogen-bond acceptors (Lipinski definition) is 3. The summed E-state index contributed by atoms with van der Waals surface area (Å²) in [5, 5.41) is 21.0. The smallest absolute Gasteiger partial charge is 0.323 e. The normalized spacial score (nSPS) is 13.7. The zero-order chi connectivity index (χ0) is 17.6. The highest BCUT2D eigenvalue weighted by molar-refractivity contribution is 5.79. The van der Waals surface area contributed by atoms with E-state index in [2.05, 4.69) is 12.2 Å². The summed E-state index contributed by atoms with van der Waals surface area (Å²) in [6.45, 7) is 4.42. The molecule has 0 amide bonds. The Balaban J connectivity index is 3.63. The van der Waals surface area contributed by atoms with Gasteiger partial charge in [0.05, 0.1) is 0 Å². The Morgan fingerprint density at radius 1 is 0.870 bits per heavy atom. The molecule has 0 aromatic heterocycles. The number of unbranched alkanes of at least 4 members (excludes halogenated alkanes) is 9. The van der Waals surface area contributed by atoms with Gasteiger partial charge in [0, 0.05) is 6.42 Å². The summed E-state index contributed by atoms with van der Waals surface area (Å²) in [7, 11) is 0. The quantitative estimate of drug-likeness (QED) is 0.369. The van der Waals surface area contributed by atoms with Crippen LogP contribution in [0.4, 0.5) is 0 Å². The number of nitrogens with one attached hydrogen (secondary N) is 1. The van der Waals surface area contributed by atoms with Crippen molar-refractivity contribution in [1.82, 2.24) is 5.32 Å². The predicted octanol–water partition coefficient (Wildman–Crippen LogP) is 4.21. The van der Waals surface area contributed by atoms with Gasteiger partial charge in [0.15, 0.2) is 0 Å². The van der Waals surface area contributed by atoms with Crippen molar-refractivity contribution in [2.75, 3.05) is 6.54 Å². The highest BCUT2D eigenvalue weighted by Gasteiger charge is 2.32. The summed E-state index contributed by atoms with van der Waals surface area (Å²) in [6, 6.07) is 0. The largest absolute Gasteiger partial charge is 0.481 e. The van der Waals surface area contributed by atoms with E-state index in [-0.39, 0.29) is 12.8 Å². The zero-order valence-corrected chi connectivity index (χ0v) is 14.9. The van der Waals surface area contributed by atoms with Crippen LogP contribution in [-0.4, -0.2) is 34.2 Å². The molecule has 0 bridgehead atoms. The molecule has 0 unspecified atom stereocenters. The van der Waals surface area contributed by atoms with E-state index in [0.717, 1.165) is 12.8 Å². The number of carboxylic acid groups (broad SMARTS) is 2. The molecule has 5 heteroatoms. The van der Waals surface area contributed by atoms with Gasteiger partial charge in [0.1, 0.15) is 5.54 Å². The average Bonchev–Trinajstić information content (AvgIpc) is 2.50. The number of rotatable bonds is 16. The van der Waals surface area contributed by atoms with Crippen molar-refractivity contribution < 1.29 is 19.8 Å². The first-order valence-electron chi connectivity index (χ1n) is 9.12. The molecule has 0 aromatic carbocycles. The lowest BCUT2D eigenvalue weighted by molar-refractivity contribution is -0.145. The third kappa shape index (κ3) is 12.0. The molecule has 0 fully saturated rings. The monoisotopic (exact) mass is 329 g/mol. The molecule has 0 radical (unpaired) electrons. The maximum Gasteiger partial charge on any atom is 0.323 e. The van der Waals surface area contributed by atoms with Crippen LogP contribution in [0.1, 0.15) is 90.9 Å². The minimum atomic E-state index is -1.14. The Hall–Kier alpha value is -1.10. The predicted molar refractivity (Wildman–Crippen MR) is 92.8 cm³/mol. The van der Waals surface area contributed by atoms with E-state index in [4.69, 9.17) is 5.11 Å². The second kappa shape index (κ2) is 13.3. The molecular weight excluding hydrogens is 294 g/mol. The standard InChI is InChI=1S/C18H35NO4/c1-3-4-5-6-7-8-9-10-11-12-15-19-18(2,17(22)23)14-13-16(20)21/h19H,3-15H2,1-2H3,(H,20,21)(H,22,23)/t18-/m0/s1. The first-order chi connectivity index (χ1) is 10.9. The van der Waals surface area contributed by atoms with Crippen LogP contribution in [-0.2, 0) is 9.59 Å². The Morgan fingerprint density at radius 3 is 1.78 bits per heavy atom. The minimum absolute atomic E-state index is 0.107. The average molecular weight is 329 g/mol. The van der Waals surface area contributed by atoms with Gasteiger partial charge < -0.3 is 15.5 Å². The Bertz CT molecular complexity index is 333. The molecule has 0 saturated heterocycles. The van der Waals surface area contributed by atoms with Crippen LogP contribution in [0.2, 0.25) is 0 Å². The molecule has 0 spiro atoms. The van der Waals surface area contributed by atoms with E-state index < -0.39 is 17.5 Å². The number of carboxylic acids is 2. The molecule has 0 aliphatic heterocycles. The topological polar surface area (TPSA) is 86.6 Å². The molecule has 23 heavy (non-hydrogen) atoms. The van der Waals surface area contributed by atoms with Crippen LogP contribution in [0.15, 0.2) is 0 Å². The maximum absolute atomic E-state index is 11.3. The van der Waals surface area contributed by atoms with Crippen molar-refractivity contribution in [2.45, 2.75) is 96.4 Å². The van der Waals surface area contributed by atoms with Crippen LogP contribution in [0, 0.1) is 0 Å². The summed E-state index contributed by atoms with van der Waals surface area (Å²) in [5.41, 5.74) is -1.14. The van der Waals surface area contributed by atoms with E-state index in [1.165, 1.54) is 51.4 Å². The van der Waals surface area contributed by atoms with Crippen LogP contribution < -0.4 is 5.32 Å². The van der Waals surface area contributed by atoms with Crippen LogP contribution in [0.5, 0.6) is 0 Å². The van der Waals surface area contributed by atoms with Gasteiger partial charge in [-0.15, -0.1) is 0 Å². The molecule has 0 aromatic rings. The number of aliphatic carboxylic acids is 2. The molecule has 3 N–H and O–H groups in total. The molecule has 0 aliphatic rings. The van der Waals surface area contributed by atoms with E-state index >= 15 is 0 Å². The number of carbonyl (C=O) groups is 2. The van der Waals surface area contributed by atoms with Crippen molar-refractivity contribution >= 4 is 11.9 Å². The van der Waals surface area contributed by atoms with Gasteiger partial charge in [-0.05, 0) is 26.3 Å². The van der Waals surface area contributed by atoms with Crippen molar-refractivity contribution in [3.63, 3.8) is 0 Å². The first-order valence-corrected chi connectivity index (χ1v) is 9.12. The van der Waals surface area contributed by atoms with E-state index in [0.29, 0.717) is 6.54 Å². The molecule has 0 heterocycles. The molecular formula is C18H35NO4. The zero-order valence-electron chi connectivity index (χ0n) is 14.9. The third-order valence-corrected chi connectivity index (χ3v) is 4.36. The summed E-state index contributed by atoms with van der Waals surface area (Å²) < 4.78 is 0. The third-order valence-electron chi connectivity index (χ3n) is 4.36. The lowest BCUT2D eigenvalue weighted by Gasteiger charge is -2.25. The summed E-state index contributed by atoms with van der Waals surface area (Å²) in [6.07, 6.45) is 12.4. The fourth-order valence-corrected chi connectivity index (χ4v) is 2.60. The molecule has 0 aliphatic carbocycles. The second-order valence-corrected chi connectivity index (χ2v) is 6.64. The molecule has 0 saturated carbocycles. The first kappa shape index (κ1) is 21.9. The van der Waals surface area contributed by atoms with E-state index in [1.54, 1.807) is 6.92 Å². The highest BCUT2D eigenvalue weighted by Crippen LogP contribution is 2.14. The Labute approximate surface area is 140 Å². The van der Waals surface area contributed by atoms with Gasteiger partial charge in [0.25, 0.3) is 0 Å². The molecule has 5 nitrogen and oxygen atoms in total. The Kier molecular flexibility index (Phi) is 12.7. The van der Waals surface area contributed by atoms with Gasteiger partial charge >= 0.3 is 11.9 Å². The fourth-order valence-electron chi connectivity index (χ4n) is 2.60. The fraction of sp³-hybridized carbons (Fsp3) is 0.889. The van der Waals surface area contributed by atoms with Crippen LogP contribution >= 0.6 is 0 Å². The van der Waals surface area contributed by atoms with Crippen molar-refractivity contribution in [1.29, 1.82) is 0 Å². The number of hydrogen-bond donors (Lipinski definition) is 3. The summed E-state index contributed by atoms with van der Waals surface area (Å²) >= 11 is 0. The van der Waals surface area contributed by atoms with Crippen molar-refractivity contribution in [2.24, 2.45) is 0 Å². The maximum atomic E-state index is 11.3. The van der Waals surface area contributed by atoms with Gasteiger partial charge in [-0.2, -0.15) is 0 Å². The molecule has 0 rings (SSSR count). The summed E-state index contributed by atoms with van der Waals surface area (Å²) in [4.78, 5) is 21.9. The SMILES string of the molecule is CCCCCCCCCCCCN[C@@](C)(CCC(=O)O)C(=O)O. The van der Waals surface area contributed by atoms with Crippen LogP contribution in [0.25, 0.3) is 0 Å². The van der Waals surface area contributed by atoms with Crippen molar-refractivity contribution in [3.05, 3.63) is 0 Å². The molecule has 1 atom stereocenters. The van der Waals surface area contributed by atoms with E-state index in [1.807, 2.05) is 0 Å². The van der Waals surface area contributed by atoms with Gasteiger partial charge in [0.2, 0.25) is 0 Å². The van der Waals surface area contributed by atoms with Crippen LogP contribution in [0.3, 0.4) is 0 Å². The highest BCUT2D eigenvalue weighted by atomic mass is 16.4. The van der Waals surface area contributed by atoms with Gasteiger partial charge in [-0.25, -0.2) is 0 Å². The van der Waals surface area contributed by atoms with E-state index in [9.17, 15) is 14.7 Å².